The summed E-state index contributed by atoms with van der Waals surface area (Å²) in [7, 11) is 1.93. The minimum atomic E-state index is 0.0627. The maximum absolute atomic E-state index is 7.48. The van der Waals surface area contributed by atoms with E-state index in [4.69, 9.17) is 11.1 Å². The summed E-state index contributed by atoms with van der Waals surface area (Å²) in [6.07, 6.45) is 0. The summed E-state index contributed by atoms with van der Waals surface area (Å²) in [6.45, 7) is 0.641. The summed E-state index contributed by atoms with van der Waals surface area (Å²) >= 11 is 0. The standard InChI is InChI=1S/C13H14N8/c1-20(8-9-3-2-4-10(7-9)13(14)15)12-6-5-11-16-18-19-21(11)17-12/h2-7H,8H2,1H3,(H3,14,15). The van der Waals surface area contributed by atoms with Crippen LogP contribution in [-0.2, 0) is 6.54 Å². The summed E-state index contributed by atoms with van der Waals surface area (Å²) in [4.78, 5) is 1.97. The molecule has 0 amide bonds. The molecule has 0 spiro atoms. The molecule has 3 aromatic rings. The molecule has 2 heterocycles. The first-order valence-corrected chi connectivity index (χ1v) is 6.33. The van der Waals surface area contributed by atoms with Gasteiger partial charge in [-0.15, -0.1) is 14.8 Å². The van der Waals surface area contributed by atoms with Crippen LogP contribution in [0.4, 0.5) is 5.82 Å². The summed E-state index contributed by atoms with van der Waals surface area (Å²) in [5.41, 5.74) is 7.87. The van der Waals surface area contributed by atoms with E-state index in [9.17, 15) is 0 Å². The number of nitrogens with two attached hydrogens (primary N) is 1. The van der Waals surface area contributed by atoms with E-state index in [1.54, 1.807) is 0 Å². The number of benzene rings is 1. The number of hydrogen-bond acceptors (Lipinski definition) is 6. The van der Waals surface area contributed by atoms with Gasteiger partial charge in [-0.25, -0.2) is 0 Å². The summed E-state index contributed by atoms with van der Waals surface area (Å²) in [5.74, 6) is 0.816. The Balaban J connectivity index is 1.83. The molecule has 21 heavy (non-hydrogen) atoms. The van der Waals surface area contributed by atoms with E-state index in [0.717, 1.165) is 11.4 Å². The Hall–Kier alpha value is -3.03. The van der Waals surface area contributed by atoms with Crippen LogP contribution in [0.3, 0.4) is 0 Å². The van der Waals surface area contributed by atoms with Crippen molar-refractivity contribution in [2.24, 2.45) is 5.73 Å². The Morgan fingerprint density at radius 1 is 1.33 bits per heavy atom. The topological polar surface area (TPSA) is 109 Å². The molecule has 0 aliphatic rings. The molecule has 106 valence electrons. The van der Waals surface area contributed by atoms with Crippen molar-refractivity contribution in [2.75, 3.05) is 11.9 Å². The van der Waals surface area contributed by atoms with Gasteiger partial charge in [-0.3, -0.25) is 5.41 Å². The number of amidine groups is 1. The van der Waals surface area contributed by atoms with Gasteiger partial charge in [0.2, 0.25) is 0 Å². The van der Waals surface area contributed by atoms with E-state index in [1.807, 2.05) is 48.3 Å². The monoisotopic (exact) mass is 282 g/mol. The molecule has 0 atom stereocenters. The van der Waals surface area contributed by atoms with Gasteiger partial charge < -0.3 is 10.6 Å². The lowest BCUT2D eigenvalue weighted by Gasteiger charge is -2.18. The predicted molar refractivity (Wildman–Crippen MR) is 78.1 cm³/mol. The van der Waals surface area contributed by atoms with Gasteiger partial charge in [0.1, 0.15) is 5.84 Å². The molecule has 0 bridgehead atoms. The number of anilines is 1. The lowest BCUT2D eigenvalue weighted by atomic mass is 10.1. The zero-order valence-corrected chi connectivity index (χ0v) is 11.4. The smallest absolute Gasteiger partial charge is 0.200 e. The van der Waals surface area contributed by atoms with Crippen LogP contribution in [0.1, 0.15) is 11.1 Å². The molecule has 8 heteroatoms. The number of nitrogen functional groups attached to an aromatic ring is 1. The minimum Gasteiger partial charge on any atom is -0.384 e. The molecule has 0 saturated heterocycles. The maximum atomic E-state index is 7.48. The Morgan fingerprint density at radius 3 is 3.00 bits per heavy atom. The van der Waals surface area contributed by atoms with E-state index < -0.39 is 0 Å². The van der Waals surface area contributed by atoms with Crippen LogP contribution in [0.5, 0.6) is 0 Å². The van der Waals surface area contributed by atoms with Gasteiger partial charge in [-0.05, 0) is 34.2 Å². The number of rotatable bonds is 4. The van der Waals surface area contributed by atoms with Crippen molar-refractivity contribution in [1.29, 1.82) is 5.41 Å². The Kier molecular flexibility index (Phi) is 3.19. The second-order valence-electron chi connectivity index (χ2n) is 4.69. The Morgan fingerprint density at radius 2 is 2.19 bits per heavy atom. The van der Waals surface area contributed by atoms with Crippen LogP contribution in [0, 0.1) is 5.41 Å². The summed E-state index contributed by atoms with van der Waals surface area (Å²) < 4.78 is 1.39. The van der Waals surface area contributed by atoms with Crippen molar-refractivity contribution < 1.29 is 0 Å². The fourth-order valence-electron chi connectivity index (χ4n) is 2.04. The van der Waals surface area contributed by atoms with Gasteiger partial charge in [-0.2, -0.15) is 0 Å². The maximum Gasteiger partial charge on any atom is 0.200 e. The highest BCUT2D eigenvalue weighted by Crippen LogP contribution is 2.13. The van der Waals surface area contributed by atoms with E-state index in [0.29, 0.717) is 17.8 Å². The Bertz CT molecular complexity index is 793. The first kappa shape index (κ1) is 13.0. The zero-order chi connectivity index (χ0) is 14.8. The molecule has 2 aromatic heterocycles. The molecular weight excluding hydrogens is 268 g/mol. The average molecular weight is 282 g/mol. The molecular formula is C13H14N8. The normalized spacial score (nSPS) is 10.7. The second-order valence-corrected chi connectivity index (χ2v) is 4.69. The van der Waals surface area contributed by atoms with Gasteiger partial charge in [0.15, 0.2) is 11.5 Å². The average Bonchev–Trinajstić information content (AvgIpc) is 2.94. The van der Waals surface area contributed by atoms with E-state index in [1.165, 1.54) is 4.63 Å². The number of hydrogen-bond donors (Lipinski definition) is 2. The van der Waals surface area contributed by atoms with Crippen molar-refractivity contribution in [2.45, 2.75) is 6.54 Å². The molecule has 3 rings (SSSR count). The van der Waals surface area contributed by atoms with Crippen molar-refractivity contribution in [1.82, 2.24) is 25.3 Å². The number of nitrogens with one attached hydrogen (secondary N) is 1. The van der Waals surface area contributed by atoms with Gasteiger partial charge in [0.05, 0.1) is 0 Å². The highest BCUT2D eigenvalue weighted by atomic mass is 15.6. The van der Waals surface area contributed by atoms with Gasteiger partial charge in [0, 0.05) is 19.2 Å². The van der Waals surface area contributed by atoms with Gasteiger partial charge in [0.25, 0.3) is 0 Å². The highest BCUT2D eigenvalue weighted by Gasteiger charge is 2.07. The quantitative estimate of drug-likeness (QED) is 0.531. The lowest BCUT2D eigenvalue weighted by Crippen LogP contribution is -2.19. The van der Waals surface area contributed by atoms with Crippen LogP contribution >= 0.6 is 0 Å². The number of tetrazole rings is 1. The molecule has 0 fully saturated rings. The van der Waals surface area contributed by atoms with E-state index >= 15 is 0 Å². The minimum absolute atomic E-state index is 0.0627. The molecule has 3 N–H and O–H groups in total. The first-order valence-electron chi connectivity index (χ1n) is 6.33. The van der Waals surface area contributed by atoms with Crippen molar-refractivity contribution in [3.8, 4) is 0 Å². The molecule has 0 aliphatic carbocycles. The van der Waals surface area contributed by atoms with Crippen molar-refractivity contribution in [3.05, 3.63) is 47.5 Å². The molecule has 0 unspecified atom stereocenters. The Labute approximate surface area is 120 Å². The third-order valence-corrected chi connectivity index (χ3v) is 3.10. The van der Waals surface area contributed by atoms with Crippen LogP contribution in [-0.4, -0.2) is 38.1 Å². The van der Waals surface area contributed by atoms with Crippen molar-refractivity contribution >= 4 is 17.3 Å². The van der Waals surface area contributed by atoms with Crippen LogP contribution < -0.4 is 10.6 Å². The lowest BCUT2D eigenvalue weighted by molar-refractivity contribution is 0.720. The molecule has 1 aromatic carbocycles. The van der Waals surface area contributed by atoms with Crippen LogP contribution in [0.25, 0.3) is 5.65 Å². The summed E-state index contributed by atoms with van der Waals surface area (Å²) in [5, 5.41) is 23.0. The van der Waals surface area contributed by atoms with Crippen molar-refractivity contribution in [3.63, 3.8) is 0 Å². The first-order chi connectivity index (χ1) is 10.1. The highest BCUT2D eigenvalue weighted by molar-refractivity contribution is 5.95. The molecule has 0 saturated carbocycles. The van der Waals surface area contributed by atoms with E-state index in [-0.39, 0.29) is 5.84 Å². The fourth-order valence-corrected chi connectivity index (χ4v) is 2.04. The summed E-state index contributed by atoms with van der Waals surface area (Å²) in [6, 6.07) is 11.3. The van der Waals surface area contributed by atoms with Crippen LogP contribution in [0.15, 0.2) is 36.4 Å². The van der Waals surface area contributed by atoms with Gasteiger partial charge in [-0.1, -0.05) is 18.2 Å². The third-order valence-electron chi connectivity index (χ3n) is 3.10. The zero-order valence-electron chi connectivity index (χ0n) is 11.4. The van der Waals surface area contributed by atoms with Crippen LogP contribution in [0.2, 0.25) is 0 Å². The van der Waals surface area contributed by atoms with E-state index in [2.05, 4.69) is 20.6 Å². The third kappa shape index (κ3) is 2.64. The van der Waals surface area contributed by atoms with Gasteiger partial charge >= 0.3 is 0 Å². The number of nitrogens with zero attached hydrogens (tertiary/aromatic N) is 6. The second kappa shape index (κ2) is 5.16. The molecule has 8 nitrogen and oxygen atoms in total. The predicted octanol–water partition coefficient (Wildman–Crippen LogP) is 0.440. The molecule has 0 radical (unpaired) electrons. The molecule has 0 aliphatic heterocycles. The largest absolute Gasteiger partial charge is 0.384 e. The number of aromatic nitrogens is 5. The number of fused-ring (bicyclic) bond motifs is 1. The fraction of sp³-hybridized carbons (Fsp3) is 0.154. The SMILES string of the molecule is CN(Cc1cccc(C(=N)N)c1)c1ccc2nnnn2n1.